The van der Waals surface area contributed by atoms with E-state index in [0.717, 1.165) is 73.7 Å². The van der Waals surface area contributed by atoms with E-state index in [-0.39, 0.29) is 18.0 Å². The minimum Gasteiger partial charge on any atom is -0.355 e. The molecule has 5 rings (SSSR count). The standard InChI is InChI=1S/C22H30N8O/c1-14-11-30-19(25-21(14)28-9-7-16(23)12-28)10-17(26-30)18-6-4-5-8-29(18)22(31)20-15(2)27(3)13-24-20/h10-11,13,16,18H,4-9,12,23H2,1-3H3/t16-,18-/m0/s1. The molecule has 0 aromatic carbocycles. The fourth-order valence-electron chi connectivity index (χ4n) is 4.80. The fraction of sp³-hybridized carbons (Fsp3) is 0.545. The predicted octanol–water partition coefficient (Wildman–Crippen LogP) is 1.98. The molecule has 0 radical (unpaired) electrons. The molecule has 9 nitrogen and oxygen atoms in total. The van der Waals surface area contributed by atoms with Crippen LogP contribution < -0.4 is 10.6 Å². The van der Waals surface area contributed by atoms with E-state index in [4.69, 9.17) is 15.8 Å². The van der Waals surface area contributed by atoms with Gasteiger partial charge in [-0.2, -0.15) is 5.10 Å². The molecular weight excluding hydrogens is 392 g/mol. The summed E-state index contributed by atoms with van der Waals surface area (Å²) in [4.78, 5) is 26.8. The van der Waals surface area contributed by atoms with E-state index in [1.54, 1.807) is 6.33 Å². The molecule has 1 amide bonds. The number of amides is 1. The fourth-order valence-corrected chi connectivity index (χ4v) is 4.80. The van der Waals surface area contributed by atoms with Gasteiger partial charge in [-0.3, -0.25) is 4.79 Å². The summed E-state index contributed by atoms with van der Waals surface area (Å²) in [5.74, 6) is 0.961. The highest BCUT2D eigenvalue weighted by Crippen LogP contribution is 2.33. The average Bonchev–Trinajstić information content (AvgIpc) is 3.46. The highest BCUT2D eigenvalue weighted by Gasteiger charge is 2.33. The Morgan fingerprint density at radius 1 is 1.19 bits per heavy atom. The first kappa shape index (κ1) is 20.0. The summed E-state index contributed by atoms with van der Waals surface area (Å²) in [7, 11) is 1.91. The normalized spacial score (nSPS) is 21.9. The summed E-state index contributed by atoms with van der Waals surface area (Å²) >= 11 is 0. The molecule has 0 bridgehead atoms. The number of likely N-dealkylation sites (tertiary alicyclic amines) is 1. The van der Waals surface area contributed by atoms with Crippen molar-refractivity contribution >= 4 is 17.4 Å². The highest BCUT2D eigenvalue weighted by molar-refractivity contribution is 5.93. The summed E-state index contributed by atoms with van der Waals surface area (Å²) in [6.45, 7) is 6.48. The number of nitrogens with two attached hydrogens (primary N) is 1. The Balaban J connectivity index is 1.48. The van der Waals surface area contributed by atoms with Gasteiger partial charge in [0.1, 0.15) is 11.5 Å². The number of anilines is 1. The summed E-state index contributed by atoms with van der Waals surface area (Å²) in [5.41, 5.74) is 10.3. The average molecular weight is 423 g/mol. The van der Waals surface area contributed by atoms with Gasteiger partial charge in [-0.25, -0.2) is 14.5 Å². The van der Waals surface area contributed by atoms with Crippen LogP contribution in [0.2, 0.25) is 0 Å². The molecule has 2 atom stereocenters. The van der Waals surface area contributed by atoms with Crippen LogP contribution in [-0.4, -0.2) is 60.6 Å². The van der Waals surface area contributed by atoms with Gasteiger partial charge in [-0.05, 0) is 39.5 Å². The molecule has 2 fully saturated rings. The van der Waals surface area contributed by atoms with Crippen LogP contribution in [0, 0.1) is 13.8 Å². The first-order valence-corrected chi connectivity index (χ1v) is 11.1. The number of piperidine rings is 1. The van der Waals surface area contributed by atoms with Gasteiger partial charge < -0.3 is 20.1 Å². The Morgan fingerprint density at radius 3 is 2.74 bits per heavy atom. The molecule has 3 aromatic heterocycles. The van der Waals surface area contributed by atoms with Crippen molar-refractivity contribution in [2.45, 2.75) is 51.6 Å². The van der Waals surface area contributed by atoms with Gasteiger partial charge in [0.25, 0.3) is 5.91 Å². The summed E-state index contributed by atoms with van der Waals surface area (Å²) in [6.07, 6.45) is 7.69. The third-order valence-electron chi connectivity index (χ3n) is 6.69. The van der Waals surface area contributed by atoms with E-state index in [9.17, 15) is 4.79 Å². The number of hydrogen-bond acceptors (Lipinski definition) is 6. The molecule has 2 saturated heterocycles. The molecule has 5 heterocycles. The number of rotatable bonds is 3. The molecule has 164 valence electrons. The Morgan fingerprint density at radius 2 is 2.03 bits per heavy atom. The number of aryl methyl sites for hydroxylation is 2. The lowest BCUT2D eigenvalue weighted by molar-refractivity contribution is 0.0599. The van der Waals surface area contributed by atoms with Crippen LogP contribution in [0.15, 0.2) is 18.6 Å². The van der Waals surface area contributed by atoms with Crippen LogP contribution >= 0.6 is 0 Å². The van der Waals surface area contributed by atoms with E-state index in [1.807, 2.05) is 40.2 Å². The second kappa shape index (κ2) is 7.64. The van der Waals surface area contributed by atoms with Gasteiger partial charge in [0, 0.05) is 56.2 Å². The van der Waals surface area contributed by atoms with Crippen molar-refractivity contribution in [2.75, 3.05) is 24.5 Å². The first-order chi connectivity index (χ1) is 14.9. The molecular formula is C22H30N8O. The Kier molecular flexibility index (Phi) is 4.92. The highest BCUT2D eigenvalue weighted by atomic mass is 16.2. The van der Waals surface area contributed by atoms with Crippen LogP contribution in [0.25, 0.3) is 5.65 Å². The van der Waals surface area contributed by atoms with Gasteiger partial charge in [0.05, 0.1) is 18.1 Å². The molecule has 0 saturated carbocycles. The molecule has 2 aliphatic rings. The summed E-state index contributed by atoms with van der Waals surface area (Å²) in [6, 6.07) is 2.17. The Bertz CT molecular complexity index is 1130. The number of hydrogen-bond donors (Lipinski definition) is 1. The maximum atomic E-state index is 13.3. The van der Waals surface area contributed by atoms with E-state index in [0.29, 0.717) is 5.69 Å². The number of fused-ring (bicyclic) bond motifs is 1. The molecule has 3 aromatic rings. The maximum absolute atomic E-state index is 13.3. The van der Waals surface area contributed by atoms with Crippen molar-refractivity contribution in [2.24, 2.45) is 12.8 Å². The lowest BCUT2D eigenvalue weighted by atomic mass is 9.99. The van der Waals surface area contributed by atoms with Gasteiger partial charge in [0.2, 0.25) is 0 Å². The van der Waals surface area contributed by atoms with Crippen LogP contribution in [0.5, 0.6) is 0 Å². The largest absolute Gasteiger partial charge is 0.355 e. The Hall–Kier alpha value is -2.94. The van der Waals surface area contributed by atoms with Gasteiger partial charge in [-0.15, -0.1) is 0 Å². The van der Waals surface area contributed by atoms with Crippen molar-refractivity contribution in [1.29, 1.82) is 0 Å². The van der Waals surface area contributed by atoms with Crippen LogP contribution in [0.4, 0.5) is 5.82 Å². The number of imidazole rings is 1. The van der Waals surface area contributed by atoms with Crippen molar-refractivity contribution in [3.63, 3.8) is 0 Å². The molecule has 0 spiro atoms. The number of carbonyl (C=O) groups is 1. The number of aromatic nitrogens is 5. The zero-order valence-electron chi connectivity index (χ0n) is 18.5. The zero-order chi connectivity index (χ0) is 21.7. The van der Waals surface area contributed by atoms with Crippen molar-refractivity contribution in [1.82, 2.24) is 29.0 Å². The van der Waals surface area contributed by atoms with Crippen LogP contribution in [-0.2, 0) is 7.05 Å². The molecule has 0 aliphatic carbocycles. The quantitative estimate of drug-likeness (QED) is 0.693. The van der Waals surface area contributed by atoms with Gasteiger partial charge in [0.15, 0.2) is 5.65 Å². The lowest BCUT2D eigenvalue weighted by Crippen LogP contribution is -2.39. The van der Waals surface area contributed by atoms with E-state index < -0.39 is 0 Å². The van der Waals surface area contributed by atoms with Gasteiger partial charge in [-0.1, -0.05) is 0 Å². The van der Waals surface area contributed by atoms with Gasteiger partial charge >= 0.3 is 0 Å². The second-order valence-corrected chi connectivity index (χ2v) is 8.91. The summed E-state index contributed by atoms with van der Waals surface area (Å²) < 4.78 is 3.73. The van der Waals surface area contributed by atoms with E-state index in [2.05, 4.69) is 16.8 Å². The zero-order valence-corrected chi connectivity index (χ0v) is 18.5. The molecule has 2 N–H and O–H groups in total. The minimum atomic E-state index is -0.0617. The van der Waals surface area contributed by atoms with Crippen molar-refractivity contribution < 1.29 is 4.79 Å². The molecule has 31 heavy (non-hydrogen) atoms. The van der Waals surface area contributed by atoms with Crippen molar-refractivity contribution in [3.05, 3.63) is 41.2 Å². The van der Waals surface area contributed by atoms with E-state index >= 15 is 0 Å². The minimum absolute atomic E-state index is 0.0178. The predicted molar refractivity (Wildman–Crippen MR) is 118 cm³/mol. The maximum Gasteiger partial charge on any atom is 0.274 e. The number of nitrogens with zero attached hydrogens (tertiary/aromatic N) is 7. The Labute approximate surface area is 181 Å². The molecule has 0 unspecified atom stereocenters. The summed E-state index contributed by atoms with van der Waals surface area (Å²) in [5, 5.41) is 4.83. The first-order valence-electron chi connectivity index (χ1n) is 11.1. The van der Waals surface area contributed by atoms with Crippen LogP contribution in [0.1, 0.15) is 59.2 Å². The van der Waals surface area contributed by atoms with Crippen LogP contribution in [0.3, 0.4) is 0 Å². The number of carbonyl (C=O) groups excluding carboxylic acids is 1. The van der Waals surface area contributed by atoms with E-state index in [1.165, 1.54) is 0 Å². The SMILES string of the molecule is Cc1cn2nc([C@@H]3CCCCN3C(=O)c3ncn(C)c3C)cc2nc1N1CC[C@H](N)C1. The third-order valence-corrected chi connectivity index (χ3v) is 6.69. The molecule has 9 heteroatoms. The second-order valence-electron chi connectivity index (χ2n) is 8.91. The smallest absolute Gasteiger partial charge is 0.274 e. The van der Waals surface area contributed by atoms with Crippen molar-refractivity contribution in [3.8, 4) is 0 Å². The topological polar surface area (TPSA) is 97.6 Å². The lowest BCUT2D eigenvalue weighted by Gasteiger charge is -2.34. The monoisotopic (exact) mass is 422 g/mol. The third kappa shape index (κ3) is 3.46. The molecule has 2 aliphatic heterocycles.